The van der Waals surface area contributed by atoms with E-state index in [9.17, 15) is 18.0 Å². The lowest BCUT2D eigenvalue weighted by molar-refractivity contribution is -0.139. The van der Waals surface area contributed by atoms with Gasteiger partial charge in [-0.1, -0.05) is 30.3 Å². The van der Waals surface area contributed by atoms with Crippen molar-refractivity contribution < 1.29 is 27.9 Å². The minimum absolute atomic E-state index is 0.000705. The summed E-state index contributed by atoms with van der Waals surface area (Å²) in [5.41, 5.74) is 2.72. The Labute approximate surface area is 214 Å². The normalized spacial score (nSPS) is 11.2. The zero-order valence-corrected chi connectivity index (χ0v) is 21.0. The first-order valence-electron chi connectivity index (χ1n) is 11.3. The number of benzene rings is 3. The van der Waals surface area contributed by atoms with E-state index >= 15 is 0 Å². The topological polar surface area (TPSA) is 126 Å². The Hall–Kier alpha value is -4.44. The maximum absolute atomic E-state index is 14.0. The van der Waals surface area contributed by atoms with Gasteiger partial charge in [-0.25, -0.2) is 13.2 Å². The van der Waals surface area contributed by atoms with Crippen molar-refractivity contribution in [1.29, 1.82) is 0 Å². The van der Waals surface area contributed by atoms with Crippen molar-refractivity contribution in [2.75, 3.05) is 22.8 Å². The molecule has 37 heavy (non-hydrogen) atoms. The lowest BCUT2D eigenvalue weighted by Gasteiger charge is -2.26. The molecule has 0 unspecified atom stereocenters. The highest BCUT2D eigenvalue weighted by Gasteiger charge is 2.30. The smallest absolute Gasteiger partial charge is 0.341 e. The zero-order valence-electron chi connectivity index (χ0n) is 20.2. The number of carboxylic acids is 1. The predicted molar refractivity (Wildman–Crippen MR) is 140 cm³/mol. The molecule has 0 bridgehead atoms. The molecule has 0 saturated carbocycles. The summed E-state index contributed by atoms with van der Waals surface area (Å²) in [4.78, 5) is 28.0. The molecule has 4 rings (SSSR count). The number of sulfonamides is 1. The Bertz CT molecular complexity index is 1560. The third kappa shape index (κ3) is 5.70. The number of aromatic nitrogens is 1. The van der Waals surface area contributed by atoms with Gasteiger partial charge in [-0.05, 0) is 67.4 Å². The number of pyridine rings is 1. The molecule has 0 radical (unpaired) electrons. The first kappa shape index (κ1) is 25.6. The third-order valence-corrected chi connectivity index (χ3v) is 7.59. The van der Waals surface area contributed by atoms with Crippen LogP contribution in [0.3, 0.4) is 0 Å². The highest BCUT2D eigenvalue weighted by molar-refractivity contribution is 7.93. The number of para-hydroxylation sites is 1. The van der Waals surface area contributed by atoms with E-state index in [2.05, 4.69) is 10.3 Å². The van der Waals surface area contributed by atoms with Crippen LogP contribution in [0, 0.1) is 13.8 Å². The second-order valence-electron chi connectivity index (χ2n) is 8.32. The first-order chi connectivity index (χ1) is 17.7. The van der Waals surface area contributed by atoms with Crippen LogP contribution in [-0.4, -0.2) is 43.5 Å². The Kier molecular flexibility index (Phi) is 7.40. The number of nitrogens with one attached hydrogen (secondary N) is 1. The van der Waals surface area contributed by atoms with E-state index in [1.165, 1.54) is 24.4 Å². The molecule has 0 saturated heterocycles. The van der Waals surface area contributed by atoms with Gasteiger partial charge in [-0.15, -0.1) is 0 Å². The van der Waals surface area contributed by atoms with Crippen LogP contribution < -0.4 is 14.4 Å². The van der Waals surface area contributed by atoms with Crippen molar-refractivity contribution in [3.05, 3.63) is 90.1 Å². The molecule has 9 nitrogen and oxygen atoms in total. The first-order valence-corrected chi connectivity index (χ1v) is 12.8. The molecule has 0 atom stereocenters. The Morgan fingerprint density at radius 3 is 2.41 bits per heavy atom. The third-order valence-electron chi connectivity index (χ3n) is 5.80. The lowest BCUT2D eigenvalue weighted by atomic mass is 10.1. The monoisotopic (exact) mass is 519 g/mol. The molecule has 0 spiro atoms. The summed E-state index contributed by atoms with van der Waals surface area (Å²) in [7, 11) is -4.20. The molecule has 2 N–H and O–H groups in total. The molecule has 0 aliphatic carbocycles. The number of carboxylic acid groups (broad SMARTS) is 1. The average molecular weight is 520 g/mol. The quantitative estimate of drug-likeness (QED) is 0.340. The van der Waals surface area contributed by atoms with E-state index in [1.54, 1.807) is 48.5 Å². The van der Waals surface area contributed by atoms with Crippen LogP contribution in [0.4, 0.5) is 11.4 Å². The molecule has 0 aliphatic rings. The van der Waals surface area contributed by atoms with Gasteiger partial charge < -0.3 is 15.2 Å². The van der Waals surface area contributed by atoms with Crippen molar-refractivity contribution in [3.63, 3.8) is 0 Å². The van der Waals surface area contributed by atoms with E-state index < -0.39 is 35.1 Å². The van der Waals surface area contributed by atoms with Gasteiger partial charge in [0, 0.05) is 17.3 Å². The van der Waals surface area contributed by atoms with Crippen molar-refractivity contribution >= 4 is 44.2 Å². The van der Waals surface area contributed by atoms with Crippen LogP contribution in [-0.2, 0) is 19.6 Å². The van der Waals surface area contributed by atoms with Crippen LogP contribution in [0.1, 0.15) is 11.1 Å². The number of ether oxygens (including phenoxy) is 1. The standard InChI is InChI=1S/C27H25N3O6S/c1-18-6-3-9-23(19(18)2)30(37(34,35)24-10-4-7-20-8-5-15-28-27(20)24)16-25(31)29-21-11-13-22(14-12-21)36-17-26(32)33/h3-15H,16-17H2,1-2H3,(H,29,31)(H,32,33). The zero-order chi connectivity index (χ0) is 26.6. The van der Waals surface area contributed by atoms with Gasteiger partial charge in [-0.2, -0.15) is 0 Å². The molecule has 0 fully saturated rings. The molecule has 1 heterocycles. The SMILES string of the molecule is Cc1cccc(N(CC(=O)Nc2ccc(OCC(=O)O)cc2)S(=O)(=O)c2cccc3cccnc23)c1C. The number of hydrogen-bond donors (Lipinski definition) is 2. The highest BCUT2D eigenvalue weighted by atomic mass is 32.2. The molecule has 0 aliphatic heterocycles. The summed E-state index contributed by atoms with van der Waals surface area (Å²) in [5.74, 6) is -1.34. The van der Waals surface area contributed by atoms with E-state index in [4.69, 9.17) is 9.84 Å². The fraction of sp³-hybridized carbons (Fsp3) is 0.148. The minimum Gasteiger partial charge on any atom is -0.482 e. The fourth-order valence-corrected chi connectivity index (χ4v) is 5.47. The number of anilines is 2. The molecule has 1 aromatic heterocycles. The number of aryl methyl sites for hydroxylation is 1. The molecule has 10 heteroatoms. The number of hydrogen-bond acceptors (Lipinski definition) is 6. The number of amides is 1. The summed E-state index contributed by atoms with van der Waals surface area (Å²) < 4.78 is 34.2. The summed E-state index contributed by atoms with van der Waals surface area (Å²) in [6.45, 7) is 2.71. The number of aliphatic carboxylic acids is 1. The lowest BCUT2D eigenvalue weighted by Crippen LogP contribution is -2.38. The molecular formula is C27H25N3O6S. The fourth-order valence-electron chi connectivity index (χ4n) is 3.82. The summed E-state index contributed by atoms with van der Waals surface area (Å²) in [6, 6.07) is 19.8. The predicted octanol–water partition coefficient (Wildman–Crippen LogP) is 4.15. The van der Waals surface area contributed by atoms with Crippen LogP contribution >= 0.6 is 0 Å². The van der Waals surface area contributed by atoms with Gasteiger partial charge in [0.05, 0.1) is 11.2 Å². The molecule has 1 amide bonds. The Morgan fingerprint density at radius 1 is 0.973 bits per heavy atom. The van der Waals surface area contributed by atoms with Gasteiger partial charge in [0.1, 0.15) is 17.2 Å². The van der Waals surface area contributed by atoms with Crippen molar-refractivity contribution in [2.45, 2.75) is 18.7 Å². The summed E-state index contributed by atoms with van der Waals surface area (Å²) >= 11 is 0. The second kappa shape index (κ2) is 10.7. The van der Waals surface area contributed by atoms with Gasteiger partial charge >= 0.3 is 5.97 Å². The number of fused-ring (bicyclic) bond motifs is 1. The number of carbonyl (C=O) groups is 2. The Balaban J connectivity index is 1.67. The average Bonchev–Trinajstić information content (AvgIpc) is 2.88. The minimum atomic E-state index is -4.20. The van der Waals surface area contributed by atoms with Gasteiger partial charge in [-0.3, -0.25) is 14.1 Å². The summed E-state index contributed by atoms with van der Waals surface area (Å²) in [6.07, 6.45) is 1.53. The van der Waals surface area contributed by atoms with E-state index in [0.29, 0.717) is 28.0 Å². The number of rotatable bonds is 9. The highest BCUT2D eigenvalue weighted by Crippen LogP contribution is 2.31. The van der Waals surface area contributed by atoms with E-state index in [0.717, 1.165) is 15.4 Å². The number of nitrogens with zero attached hydrogens (tertiary/aromatic N) is 2. The van der Waals surface area contributed by atoms with Crippen molar-refractivity contribution in [2.24, 2.45) is 0 Å². The van der Waals surface area contributed by atoms with Crippen molar-refractivity contribution in [1.82, 2.24) is 4.98 Å². The van der Waals surface area contributed by atoms with Crippen LogP contribution in [0.15, 0.2) is 83.9 Å². The second-order valence-corrected chi connectivity index (χ2v) is 10.1. The van der Waals surface area contributed by atoms with Gasteiger partial charge in [0.2, 0.25) is 5.91 Å². The summed E-state index contributed by atoms with van der Waals surface area (Å²) in [5, 5.41) is 12.1. The number of carbonyl (C=O) groups excluding carboxylic acids is 1. The molecule has 4 aromatic rings. The maximum Gasteiger partial charge on any atom is 0.341 e. The van der Waals surface area contributed by atoms with E-state index in [1.807, 2.05) is 19.9 Å². The van der Waals surface area contributed by atoms with Crippen LogP contribution in [0.2, 0.25) is 0 Å². The van der Waals surface area contributed by atoms with E-state index in [-0.39, 0.29) is 4.90 Å². The van der Waals surface area contributed by atoms with Crippen molar-refractivity contribution in [3.8, 4) is 5.75 Å². The van der Waals surface area contributed by atoms with Crippen LogP contribution in [0.25, 0.3) is 10.9 Å². The van der Waals surface area contributed by atoms with Gasteiger partial charge in [0.25, 0.3) is 10.0 Å². The molecule has 190 valence electrons. The van der Waals surface area contributed by atoms with Gasteiger partial charge in [0.15, 0.2) is 6.61 Å². The molecule has 3 aromatic carbocycles. The Morgan fingerprint density at radius 2 is 1.68 bits per heavy atom. The largest absolute Gasteiger partial charge is 0.482 e. The molecular weight excluding hydrogens is 494 g/mol. The maximum atomic E-state index is 14.0. The van der Waals surface area contributed by atoms with Crippen LogP contribution in [0.5, 0.6) is 5.75 Å².